The fourth-order valence-corrected chi connectivity index (χ4v) is 1.84. The molecule has 2 atom stereocenters. The first-order valence-corrected chi connectivity index (χ1v) is 4.67. The van der Waals surface area contributed by atoms with E-state index < -0.39 is 13.0 Å². The minimum atomic E-state index is -2.44. The molecule has 0 radical (unpaired) electrons. The Bertz CT molecular complexity index is 184. The van der Waals surface area contributed by atoms with Gasteiger partial charge in [0, 0.05) is 5.92 Å². The van der Waals surface area contributed by atoms with Crippen molar-refractivity contribution in [3.8, 4) is 0 Å². The zero-order valence-corrected chi connectivity index (χ0v) is 7.72. The second-order valence-electron chi connectivity index (χ2n) is 3.65. The van der Waals surface area contributed by atoms with Gasteiger partial charge in [0.1, 0.15) is 0 Å². The maximum atomic E-state index is 11.8. The summed E-state index contributed by atoms with van der Waals surface area (Å²) in [6.07, 6.45) is 0.470. The molecule has 2 nitrogen and oxygen atoms in total. The van der Waals surface area contributed by atoms with Crippen molar-refractivity contribution in [2.45, 2.75) is 32.6 Å². The second-order valence-corrected chi connectivity index (χ2v) is 3.65. The van der Waals surface area contributed by atoms with Crippen molar-refractivity contribution in [1.82, 2.24) is 5.32 Å². The number of amides is 1. The van der Waals surface area contributed by atoms with E-state index in [1.807, 2.05) is 6.92 Å². The van der Waals surface area contributed by atoms with Gasteiger partial charge in [0.25, 0.3) is 6.43 Å². The van der Waals surface area contributed by atoms with Crippen LogP contribution < -0.4 is 5.32 Å². The predicted molar refractivity (Wildman–Crippen MR) is 45.5 cm³/mol. The number of rotatable bonds is 3. The van der Waals surface area contributed by atoms with Gasteiger partial charge in [-0.2, -0.15) is 0 Å². The van der Waals surface area contributed by atoms with E-state index >= 15 is 0 Å². The van der Waals surface area contributed by atoms with Crippen LogP contribution in [0.4, 0.5) is 8.78 Å². The lowest BCUT2D eigenvalue weighted by atomic mass is 9.97. The summed E-state index contributed by atoms with van der Waals surface area (Å²) >= 11 is 0. The summed E-state index contributed by atoms with van der Waals surface area (Å²) in [4.78, 5) is 11.3. The molecule has 1 N–H and O–H groups in total. The molecule has 2 unspecified atom stereocenters. The molecule has 0 aromatic heterocycles. The number of carbonyl (C=O) groups is 1. The highest BCUT2D eigenvalue weighted by Crippen LogP contribution is 2.31. The monoisotopic (exact) mass is 191 g/mol. The fraction of sp³-hybridized carbons (Fsp3) is 0.889. The van der Waals surface area contributed by atoms with Crippen molar-refractivity contribution in [2.24, 2.45) is 11.8 Å². The molecule has 0 saturated heterocycles. The highest BCUT2D eigenvalue weighted by molar-refractivity contribution is 5.79. The highest BCUT2D eigenvalue weighted by Gasteiger charge is 2.29. The molecule has 1 amide bonds. The van der Waals surface area contributed by atoms with Gasteiger partial charge in [0.05, 0.1) is 6.54 Å². The molecule has 0 aromatic carbocycles. The lowest BCUT2D eigenvalue weighted by molar-refractivity contribution is -0.126. The lowest BCUT2D eigenvalue weighted by Gasteiger charge is -2.14. The molecule has 0 spiro atoms. The first-order valence-electron chi connectivity index (χ1n) is 4.67. The van der Waals surface area contributed by atoms with Crippen LogP contribution >= 0.6 is 0 Å². The van der Waals surface area contributed by atoms with E-state index in [0.717, 1.165) is 19.3 Å². The molecule has 0 heterocycles. The van der Waals surface area contributed by atoms with Crippen molar-refractivity contribution < 1.29 is 13.6 Å². The number of nitrogens with one attached hydrogen (secondary N) is 1. The molecule has 0 aliphatic heterocycles. The van der Waals surface area contributed by atoms with Gasteiger partial charge in [-0.3, -0.25) is 4.79 Å². The van der Waals surface area contributed by atoms with Crippen LogP contribution in [0.2, 0.25) is 0 Å². The van der Waals surface area contributed by atoms with Crippen molar-refractivity contribution in [1.29, 1.82) is 0 Å². The average molecular weight is 191 g/mol. The van der Waals surface area contributed by atoms with Crippen LogP contribution in [-0.2, 0) is 4.79 Å². The summed E-state index contributed by atoms with van der Waals surface area (Å²) in [6, 6.07) is 0. The van der Waals surface area contributed by atoms with E-state index in [2.05, 4.69) is 5.32 Å². The van der Waals surface area contributed by atoms with E-state index in [-0.39, 0.29) is 11.8 Å². The summed E-state index contributed by atoms with van der Waals surface area (Å²) < 4.78 is 23.5. The van der Waals surface area contributed by atoms with E-state index in [0.29, 0.717) is 5.92 Å². The molecule has 0 bridgehead atoms. The molecule has 76 valence electrons. The minimum Gasteiger partial charge on any atom is -0.350 e. The topological polar surface area (TPSA) is 29.1 Å². The largest absolute Gasteiger partial charge is 0.350 e. The van der Waals surface area contributed by atoms with Crippen LogP contribution in [0, 0.1) is 11.8 Å². The van der Waals surface area contributed by atoms with Crippen LogP contribution in [0.3, 0.4) is 0 Å². The summed E-state index contributed by atoms with van der Waals surface area (Å²) in [5, 5.41) is 2.27. The molecular formula is C9H15F2NO. The number of alkyl halides is 2. The molecular weight excluding hydrogens is 176 g/mol. The zero-order valence-electron chi connectivity index (χ0n) is 7.72. The fourth-order valence-electron chi connectivity index (χ4n) is 1.84. The van der Waals surface area contributed by atoms with Gasteiger partial charge >= 0.3 is 0 Å². The van der Waals surface area contributed by atoms with Crippen LogP contribution in [0.5, 0.6) is 0 Å². The first-order chi connectivity index (χ1) is 6.11. The van der Waals surface area contributed by atoms with E-state index in [4.69, 9.17) is 0 Å². The minimum absolute atomic E-state index is 0.0428. The molecule has 1 saturated carbocycles. The Hall–Kier alpha value is -0.670. The van der Waals surface area contributed by atoms with Gasteiger partial charge in [0.15, 0.2) is 0 Å². The molecule has 1 aliphatic carbocycles. The molecule has 1 rings (SSSR count). The third-order valence-corrected chi connectivity index (χ3v) is 2.63. The van der Waals surface area contributed by atoms with Gasteiger partial charge in [-0.25, -0.2) is 8.78 Å². The van der Waals surface area contributed by atoms with Crippen LogP contribution in [0.1, 0.15) is 26.2 Å². The molecule has 13 heavy (non-hydrogen) atoms. The maximum absolute atomic E-state index is 11.8. The Kier molecular flexibility index (Phi) is 3.63. The van der Waals surface area contributed by atoms with Gasteiger partial charge in [-0.1, -0.05) is 13.3 Å². The lowest BCUT2D eigenvalue weighted by Crippen LogP contribution is -2.35. The zero-order chi connectivity index (χ0) is 9.84. The van der Waals surface area contributed by atoms with Crippen molar-refractivity contribution in [2.75, 3.05) is 6.54 Å². The van der Waals surface area contributed by atoms with Crippen molar-refractivity contribution >= 4 is 5.91 Å². The molecule has 1 fully saturated rings. The standard InChI is InChI=1S/C9H15F2NO/c1-6-3-2-4-7(6)9(13)12-5-8(10)11/h6-8H,2-5H2,1H3,(H,12,13). The van der Waals surface area contributed by atoms with Crippen LogP contribution in [0.25, 0.3) is 0 Å². The third kappa shape index (κ3) is 2.94. The Morgan fingerprint density at radius 3 is 2.69 bits per heavy atom. The van der Waals surface area contributed by atoms with Gasteiger partial charge in [-0.15, -0.1) is 0 Å². The smallest absolute Gasteiger partial charge is 0.255 e. The number of hydrogen-bond acceptors (Lipinski definition) is 1. The van der Waals surface area contributed by atoms with E-state index in [9.17, 15) is 13.6 Å². The number of carbonyl (C=O) groups excluding carboxylic acids is 1. The summed E-state index contributed by atoms with van der Waals surface area (Å²) in [7, 11) is 0. The summed E-state index contributed by atoms with van der Waals surface area (Å²) in [5.74, 6) is 0.0988. The van der Waals surface area contributed by atoms with Crippen molar-refractivity contribution in [3.63, 3.8) is 0 Å². The predicted octanol–water partition coefficient (Wildman–Crippen LogP) is 1.80. The number of hydrogen-bond donors (Lipinski definition) is 1. The van der Waals surface area contributed by atoms with Crippen LogP contribution in [-0.4, -0.2) is 18.9 Å². The normalized spacial score (nSPS) is 28.0. The SMILES string of the molecule is CC1CCCC1C(=O)NCC(F)F. The second kappa shape index (κ2) is 4.53. The first kappa shape index (κ1) is 10.4. The quantitative estimate of drug-likeness (QED) is 0.724. The molecule has 4 heteroatoms. The van der Waals surface area contributed by atoms with Gasteiger partial charge in [-0.05, 0) is 18.8 Å². The van der Waals surface area contributed by atoms with Gasteiger partial charge < -0.3 is 5.32 Å². The van der Waals surface area contributed by atoms with E-state index in [1.54, 1.807) is 0 Å². The Labute approximate surface area is 76.7 Å². The highest BCUT2D eigenvalue weighted by atomic mass is 19.3. The molecule has 1 aliphatic rings. The van der Waals surface area contributed by atoms with Crippen LogP contribution in [0.15, 0.2) is 0 Å². The summed E-state index contributed by atoms with van der Waals surface area (Å²) in [6.45, 7) is 1.49. The molecule has 0 aromatic rings. The Morgan fingerprint density at radius 2 is 2.23 bits per heavy atom. The van der Waals surface area contributed by atoms with Gasteiger partial charge in [0.2, 0.25) is 5.91 Å². The Morgan fingerprint density at radius 1 is 1.54 bits per heavy atom. The average Bonchev–Trinajstić information content (AvgIpc) is 2.47. The summed E-state index contributed by atoms with van der Waals surface area (Å²) in [5.41, 5.74) is 0. The maximum Gasteiger partial charge on any atom is 0.255 e. The van der Waals surface area contributed by atoms with E-state index in [1.165, 1.54) is 0 Å². The van der Waals surface area contributed by atoms with Crippen molar-refractivity contribution in [3.05, 3.63) is 0 Å². The number of halogens is 2. The Balaban J connectivity index is 2.30. The third-order valence-electron chi connectivity index (χ3n) is 2.63.